The molecular weight excluding hydrogens is 313 g/mol. The van der Waals surface area contributed by atoms with E-state index in [1.54, 1.807) is 0 Å². The fraction of sp³-hybridized carbons (Fsp3) is 0.571. The van der Waals surface area contributed by atoms with Gasteiger partial charge in [-0.15, -0.1) is 0 Å². The molecule has 1 aromatic carbocycles. The fourth-order valence-corrected chi connectivity index (χ4v) is 3.40. The first-order chi connectivity index (χ1) is 9.03. The summed E-state index contributed by atoms with van der Waals surface area (Å²) in [6.07, 6.45) is 4.71. The zero-order valence-electron chi connectivity index (χ0n) is 11.3. The van der Waals surface area contributed by atoms with Crippen LogP contribution in [0.3, 0.4) is 0 Å². The van der Waals surface area contributed by atoms with Crippen molar-refractivity contribution in [2.75, 3.05) is 14.2 Å². The SMILES string of the molecule is COc1c(Br)cc(F)c(C2(N)CCCCC2)c1OC. The fourth-order valence-electron chi connectivity index (χ4n) is 2.86. The third-order valence-corrected chi connectivity index (χ3v) is 4.38. The molecule has 0 unspecified atom stereocenters. The van der Waals surface area contributed by atoms with Crippen LogP contribution in [-0.4, -0.2) is 14.2 Å². The number of methoxy groups -OCH3 is 2. The van der Waals surface area contributed by atoms with Crippen LogP contribution in [0, 0.1) is 5.82 Å². The first-order valence-corrected chi connectivity index (χ1v) is 7.22. The first kappa shape index (κ1) is 14.6. The van der Waals surface area contributed by atoms with Gasteiger partial charge >= 0.3 is 0 Å². The largest absolute Gasteiger partial charge is 0.492 e. The van der Waals surface area contributed by atoms with Crippen molar-refractivity contribution in [2.45, 2.75) is 37.6 Å². The topological polar surface area (TPSA) is 44.5 Å². The Kier molecular flexibility index (Phi) is 4.36. The van der Waals surface area contributed by atoms with E-state index in [2.05, 4.69) is 15.9 Å². The molecule has 1 aliphatic rings. The van der Waals surface area contributed by atoms with Crippen LogP contribution in [-0.2, 0) is 5.54 Å². The van der Waals surface area contributed by atoms with Gasteiger partial charge in [0, 0.05) is 5.54 Å². The van der Waals surface area contributed by atoms with Gasteiger partial charge in [-0.2, -0.15) is 0 Å². The zero-order valence-corrected chi connectivity index (χ0v) is 12.8. The van der Waals surface area contributed by atoms with Crippen LogP contribution in [0.2, 0.25) is 0 Å². The minimum absolute atomic E-state index is 0.339. The Hall–Kier alpha value is -0.810. The molecule has 2 N–H and O–H groups in total. The molecule has 0 aliphatic heterocycles. The van der Waals surface area contributed by atoms with E-state index in [0.717, 1.165) is 32.1 Å². The summed E-state index contributed by atoms with van der Waals surface area (Å²) in [5, 5.41) is 0. The van der Waals surface area contributed by atoms with Gasteiger partial charge in [-0.05, 0) is 34.8 Å². The predicted molar refractivity (Wildman–Crippen MR) is 76.2 cm³/mol. The average Bonchev–Trinajstić information content (AvgIpc) is 2.38. The highest BCUT2D eigenvalue weighted by Crippen LogP contribution is 2.47. The third-order valence-electron chi connectivity index (χ3n) is 3.79. The number of ether oxygens (including phenoxy) is 2. The molecule has 5 heteroatoms. The van der Waals surface area contributed by atoms with Crippen molar-refractivity contribution in [3.05, 3.63) is 21.9 Å². The summed E-state index contributed by atoms with van der Waals surface area (Å²) in [5.41, 5.74) is 6.21. The highest BCUT2D eigenvalue weighted by molar-refractivity contribution is 9.10. The Morgan fingerprint density at radius 2 is 1.74 bits per heavy atom. The highest BCUT2D eigenvalue weighted by atomic mass is 79.9. The van der Waals surface area contributed by atoms with Crippen LogP contribution < -0.4 is 15.2 Å². The number of benzene rings is 1. The van der Waals surface area contributed by atoms with Crippen LogP contribution in [0.4, 0.5) is 4.39 Å². The molecule has 0 amide bonds. The van der Waals surface area contributed by atoms with Gasteiger partial charge in [-0.1, -0.05) is 19.3 Å². The van der Waals surface area contributed by atoms with E-state index in [1.165, 1.54) is 20.3 Å². The first-order valence-electron chi connectivity index (χ1n) is 6.43. The molecule has 0 radical (unpaired) electrons. The lowest BCUT2D eigenvalue weighted by atomic mass is 9.76. The average molecular weight is 332 g/mol. The maximum atomic E-state index is 14.4. The molecular formula is C14H19BrFNO2. The summed E-state index contributed by atoms with van der Waals surface area (Å²) in [4.78, 5) is 0. The van der Waals surface area contributed by atoms with Gasteiger partial charge in [-0.25, -0.2) is 4.39 Å². The van der Waals surface area contributed by atoms with E-state index < -0.39 is 5.54 Å². The summed E-state index contributed by atoms with van der Waals surface area (Å²) in [6, 6.07) is 1.40. The number of rotatable bonds is 3. The van der Waals surface area contributed by atoms with Crippen molar-refractivity contribution in [2.24, 2.45) is 5.73 Å². The van der Waals surface area contributed by atoms with Gasteiger partial charge in [0.2, 0.25) is 0 Å². The summed E-state index contributed by atoms with van der Waals surface area (Å²) in [5.74, 6) is 0.557. The van der Waals surface area contributed by atoms with Crippen molar-refractivity contribution >= 4 is 15.9 Å². The normalized spacial score (nSPS) is 18.2. The Labute approximate surface area is 121 Å². The lowest BCUT2D eigenvalue weighted by molar-refractivity contribution is 0.271. The predicted octanol–water partition coefficient (Wildman–Crippen LogP) is 3.72. The molecule has 19 heavy (non-hydrogen) atoms. The molecule has 0 bridgehead atoms. The molecule has 1 aromatic rings. The Bertz CT molecular complexity index is 473. The lowest BCUT2D eigenvalue weighted by Gasteiger charge is -2.35. The monoisotopic (exact) mass is 331 g/mol. The third kappa shape index (κ3) is 2.58. The highest BCUT2D eigenvalue weighted by Gasteiger charge is 2.37. The maximum Gasteiger partial charge on any atom is 0.175 e. The molecule has 106 valence electrons. The summed E-state index contributed by atoms with van der Waals surface area (Å²) in [6.45, 7) is 0. The summed E-state index contributed by atoms with van der Waals surface area (Å²) >= 11 is 3.29. The Morgan fingerprint density at radius 1 is 1.16 bits per heavy atom. The van der Waals surface area contributed by atoms with Crippen LogP contribution in [0.15, 0.2) is 10.5 Å². The smallest absolute Gasteiger partial charge is 0.175 e. The second-order valence-corrected chi connectivity index (χ2v) is 5.85. The van der Waals surface area contributed by atoms with Crippen LogP contribution >= 0.6 is 15.9 Å². The van der Waals surface area contributed by atoms with Crippen molar-refractivity contribution in [3.63, 3.8) is 0 Å². The lowest BCUT2D eigenvalue weighted by Crippen LogP contribution is -2.40. The number of halogens is 2. The van der Waals surface area contributed by atoms with Crippen molar-refractivity contribution in [1.29, 1.82) is 0 Å². The minimum Gasteiger partial charge on any atom is -0.492 e. The van der Waals surface area contributed by atoms with Gasteiger partial charge in [0.15, 0.2) is 11.5 Å². The Morgan fingerprint density at radius 3 is 2.26 bits per heavy atom. The molecule has 1 aliphatic carbocycles. The maximum absolute atomic E-state index is 14.4. The van der Waals surface area contributed by atoms with Gasteiger partial charge in [-0.3, -0.25) is 0 Å². The van der Waals surface area contributed by atoms with E-state index >= 15 is 0 Å². The second-order valence-electron chi connectivity index (χ2n) is 5.00. The van der Waals surface area contributed by atoms with Gasteiger partial charge in [0.1, 0.15) is 5.82 Å². The molecule has 3 nitrogen and oxygen atoms in total. The number of hydrogen-bond donors (Lipinski definition) is 1. The second kappa shape index (κ2) is 5.67. The van der Waals surface area contributed by atoms with Crippen LogP contribution in [0.5, 0.6) is 11.5 Å². The molecule has 0 saturated heterocycles. The molecule has 0 atom stereocenters. The van der Waals surface area contributed by atoms with Crippen molar-refractivity contribution in [3.8, 4) is 11.5 Å². The number of hydrogen-bond acceptors (Lipinski definition) is 3. The van der Waals surface area contributed by atoms with Crippen molar-refractivity contribution in [1.82, 2.24) is 0 Å². The van der Waals surface area contributed by atoms with E-state index in [-0.39, 0.29) is 5.82 Å². The molecule has 1 saturated carbocycles. The summed E-state index contributed by atoms with van der Waals surface area (Å²) < 4.78 is 25.6. The quantitative estimate of drug-likeness (QED) is 0.917. The van der Waals surface area contributed by atoms with Gasteiger partial charge < -0.3 is 15.2 Å². The molecule has 2 rings (SSSR count). The number of nitrogens with two attached hydrogens (primary N) is 1. The molecule has 0 spiro atoms. The zero-order chi connectivity index (χ0) is 14.0. The van der Waals surface area contributed by atoms with E-state index in [1.807, 2.05) is 0 Å². The minimum atomic E-state index is -0.665. The standard InChI is InChI=1S/C14H19BrFNO2/c1-18-12-9(15)8-10(16)11(13(12)19-2)14(17)6-4-3-5-7-14/h8H,3-7,17H2,1-2H3. The van der Waals surface area contributed by atoms with Gasteiger partial charge in [0.25, 0.3) is 0 Å². The Balaban J connectivity index is 2.61. The van der Waals surface area contributed by atoms with E-state index in [4.69, 9.17) is 15.2 Å². The summed E-state index contributed by atoms with van der Waals surface area (Å²) in [7, 11) is 3.05. The van der Waals surface area contributed by atoms with Crippen LogP contribution in [0.25, 0.3) is 0 Å². The van der Waals surface area contributed by atoms with Gasteiger partial charge in [0.05, 0.1) is 24.3 Å². The van der Waals surface area contributed by atoms with Crippen molar-refractivity contribution < 1.29 is 13.9 Å². The molecule has 0 heterocycles. The molecule has 1 fully saturated rings. The van der Waals surface area contributed by atoms with E-state index in [9.17, 15) is 4.39 Å². The van der Waals surface area contributed by atoms with E-state index in [0.29, 0.717) is 21.5 Å². The van der Waals surface area contributed by atoms with Crippen LogP contribution in [0.1, 0.15) is 37.7 Å². The molecule has 0 aromatic heterocycles.